The molecular weight excluding hydrogens is 383 g/mol. The van der Waals surface area contributed by atoms with Crippen LogP contribution < -0.4 is 5.32 Å². The SMILES string of the molecule is O=C1Nc2cc(Cl)cc(Cl)c2S(=O)(=O)N1Cc1ccc(Cl)cc1. The van der Waals surface area contributed by atoms with Gasteiger partial charge in [0.15, 0.2) is 0 Å². The average molecular weight is 392 g/mol. The molecule has 0 saturated carbocycles. The lowest BCUT2D eigenvalue weighted by Gasteiger charge is -2.29. The second-order valence-corrected chi connectivity index (χ2v) is 7.91. The minimum Gasteiger partial charge on any atom is -0.306 e. The van der Waals surface area contributed by atoms with E-state index in [1.54, 1.807) is 24.3 Å². The summed E-state index contributed by atoms with van der Waals surface area (Å²) >= 11 is 17.7. The normalized spacial score (nSPS) is 16.0. The second-order valence-electron chi connectivity index (χ2n) is 4.83. The van der Waals surface area contributed by atoms with E-state index in [0.29, 0.717) is 10.6 Å². The number of anilines is 1. The largest absolute Gasteiger partial charge is 0.336 e. The summed E-state index contributed by atoms with van der Waals surface area (Å²) in [7, 11) is -4.09. The van der Waals surface area contributed by atoms with Crippen molar-refractivity contribution in [2.75, 3.05) is 5.32 Å². The number of amides is 2. The van der Waals surface area contributed by atoms with Gasteiger partial charge in [-0.15, -0.1) is 0 Å². The van der Waals surface area contributed by atoms with E-state index < -0.39 is 16.1 Å². The van der Waals surface area contributed by atoms with Gasteiger partial charge < -0.3 is 5.32 Å². The number of rotatable bonds is 2. The first-order valence-corrected chi connectivity index (χ1v) is 8.93. The summed E-state index contributed by atoms with van der Waals surface area (Å²) in [4.78, 5) is 12.0. The fourth-order valence-electron chi connectivity index (χ4n) is 2.22. The second kappa shape index (κ2) is 5.87. The summed E-state index contributed by atoms with van der Waals surface area (Å²) in [6, 6.07) is 8.41. The molecule has 120 valence electrons. The fraction of sp³-hybridized carbons (Fsp3) is 0.0714. The Labute approximate surface area is 147 Å². The topological polar surface area (TPSA) is 66.5 Å². The molecule has 1 aliphatic rings. The number of carbonyl (C=O) groups is 1. The van der Waals surface area contributed by atoms with Gasteiger partial charge in [-0.1, -0.05) is 46.9 Å². The highest BCUT2D eigenvalue weighted by Gasteiger charge is 2.38. The number of carbonyl (C=O) groups excluding carboxylic acids is 1. The van der Waals surface area contributed by atoms with E-state index in [1.807, 2.05) is 0 Å². The van der Waals surface area contributed by atoms with Crippen molar-refractivity contribution in [3.8, 4) is 0 Å². The van der Waals surface area contributed by atoms with Gasteiger partial charge in [-0.2, -0.15) is 0 Å². The van der Waals surface area contributed by atoms with Crippen molar-refractivity contribution in [2.24, 2.45) is 0 Å². The van der Waals surface area contributed by atoms with Crippen LogP contribution in [0, 0.1) is 0 Å². The van der Waals surface area contributed by atoms with Crippen LogP contribution in [0.1, 0.15) is 5.56 Å². The maximum atomic E-state index is 12.7. The first kappa shape index (κ1) is 16.4. The molecule has 2 aromatic carbocycles. The Bertz CT molecular complexity index is 898. The lowest BCUT2D eigenvalue weighted by atomic mass is 10.2. The lowest BCUT2D eigenvalue weighted by Crippen LogP contribution is -2.43. The first-order chi connectivity index (χ1) is 10.8. The molecule has 9 heteroatoms. The predicted molar refractivity (Wildman–Crippen MR) is 89.7 cm³/mol. The molecule has 2 aromatic rings. The molecule has 0 spiro atoms. The molecule has 0 aliphatic carbocycles. The first-order valence-electron chi connectivity index (χ1n) is 6.36. The summed E-state index contributed by atoms with van der Waals surface area (Å²) in [5, 5.41) is 3.19. The van der Waals surface area contributed by atoms with Crippen molar-refractivity contribution in [2.45, 2.75) is 11.4 Å². The predicted octanol–water partition coefficient (Wildman–Crippen LogP) is 4.38. The van der Waals surface area contributed by atoms with Crippen LogP contribution >= 0.6 is 34.8 Å². The molecule has 0 atom stereocenters. The number of hydrogen-bond donors (Lipinski definition) is 1. The number of nitrogens with zero attached hydrogens (tertiary/aromatic N) is 1. The average Bonchev–Trinajstić information content (AvgIpc) is 2.43. The van der Waals surface area contributed by atoms with Crippen molar-refractivity contribution in [1.29, 1.82) is 0 Å². The maximum absolute atomic E-state index is 12.7. The molecule has 3 rings (SSSR count). The number of nitrogens with one attached hydrogen (secondary N) is 1. The number of sulfonamides is 1. The Morgan fingerprint density at radius 3 is 2.30 bits per heavy atom. The summed E-state index contributed by atoms with van der Waals surface area (Å²) in [5.41, 5.74) is 0.682. The highest BCUT2D eigenvalue weighted by molar-refractivity contribution is 7.90. The zero-order valence-electron chi connectivity index (χ0n) is 11.4. The van der Waals surface area contributed by atoms with E-state index in [2.05, 4.69) is 5.32 Å². The molecule has 0 saturated heterocycles. The Balaban J connectivity index is 2.06. The van der Waals surface area contributed by atoms with Crippen molar-refractivity contribution in [3.63, 3.8) is 0 Å². The van der Waals surface area contributed by atoms with Crippen molar-refractivity contribution >= 4 is 56.5 Å². The number of hydrogen-bond acceptors (Lipinski definition) is 3. The summed E-state index contributed by atoms with van der Waals surface area (Å²) in [6.07, 6.45) is 0. The van der Waals surface area contributed by atoms with Gasteiger partial charge in [0.2, 0.25) is 0 Å². The van der Waals surface area contributed by atoms with Crippen molar-refractivity contribution in [1.82, 2.24) is 4.31 Å². The van der Waals surface area contributed by atoms with Crippen molar-refractivity contribution in [3.05, 3.63) is 57.0 Å². The summed E-state index contributed by atoms with van der Waals surface area (Å²) < 4.78 is 26.2. The monoisotopic (exact) mass is 390 g/mol. The molecule has 0 aromatic heterocycles. The van der Waals surface area contributed by atoms with Crippen LogP contribution in [0.3, 0.4) is 0 Å². The van der Waals surface area contributed by atoms with E-state index in [0.717, 1.165) is 4.31 Å². The van der Waals surface area contributed by atoms with Gasteiger partial charge >= 0.3 is 6.03 Å². The Hall–Kier alpha value is -1.47. The highest BCUT2D eigenvalue weighted by atomic mass is 35.5. The van der Waals surface area contributed by atoms with Crippen LogP contribution in [0.25, 0.3) is 0 Å². The summed E-state index contributed by atoms with van der Waals surface area (Å²) in [5.74, 6) is 0. The number of urea groups is 1. The van der Waals surface area contributed by atoms with Gasteiger partial charge in [-0.05, 0) is 29.8 Å². The molecule has 0 bridgehead atoms. The Morgan fingerprint density at radius 2 is 1.65 bits per heavy atom. The van der Waals surface area contributed by atoms with Crippen LogP contribution in [0.15, 0.2) is 41.3 Å². The number of fused-ring (bicyclic) bond motifs is 1. The van der Waals surface area contributed by atoms with Crippen LogP contribution in [0.5, 0.6) is 0 Å². The minimum absolute atomic E-state index is 0.0476. The third-order valence-corrected chi connectivity index (χ3v) is 5.98. The van der Waals surface area contributed by atoms with E-state index in [1.165, 1.54) is 12.1 Å². The Kier molecular flexibility index (Phi) is 4.18. The highest BCUT2D eigenvalue weighted by Crippen LogP contribution is 2.38. The van der Waals surface area contributed by atoms with Crippen molar-refractivity contribution < 1.29 is 13.2 Å². The van der Waals surface area contributed by atoms with E-state index in [9.17, 15) is 13.2 Å². The van der Waals surface area contributed by atoms with Gasteiger partial charge in [0.1, 0.15) is 4.90 Å². The molecule has 0 fully saturated rings. The number of benzene rings is 2. The van der Waals surface area contributed by atoms with Crippen LogP contribution in [0.2, 0.25) is 15.1 Å². The quantitative estimate of drug-likeness (QED) is 0.826. The molecule has 2 amide bonds. The van der Waals surface area contributed by atoms with Gasteiger partial charge in [0.05, 0.1) is 17.3 Å². The van der Waals surface area contributed by atoms with E-state index in [4.69, 9.17) is 34.8 Å². The maximum Gasteiger partial charge on any atom is 0.336 e. The molecule has 1 N–H and O–H groups in total. The third kappa shape index (κ3) is 2.99. The Morgan fingerprint density at radius 1 is 1.00 bits per heavy atom. The molecule has 5 nitrogen and oxygen atoms in total. The molecule has 1 aliphatic heterocycles. The molecular formula is C14H9Cl3N2O3S. The standard InChI is InChI=1S/C14H9Cl3N2O3S/c15-9-3-1-8(2-4-9)7-19-14(20)18-12-6-10(16)5-11(17)13(12)23(19,21)22/h1-6H,7H2,(H,18,20). The van der Waals surface area contributed by atoms with Crippen LogP contribution in [-0.4, -0.2) is 18.8 Å². The lowest BCUT2D eigenvalue weighted by molar-refractivity contribution is 0.233. The van der Waals surface area contributed by atoms with Gasteiger partial charge in [-0.25, -0.2) is 17.5 Å². The number of halogens is 3. The van der Waals surface area contributed by atoms with E-state index >= 15 is 0 Å². The minimum atomic E-state index is -4.09. The van der Waals surface area contributed by atoms with E-state index in [-0.39, 0.29) is 27.2 Å². The van der Waals surface area contributed by atoms with Crippen LogP contribution in [0.4, 0.5) is 10.5 Å². The molecule has 0 unspecified atom stereocenters. The van der Waals surface area contributed by atoms with Gasteiger partial charge in [0.25, 0.3) is 10.0 Å². The zero-order chi connectivity index (χ0) is 16.8. The molecule has 23 heavy (non-hydrogen) atoms. The zero-order valence-corrected chi connectivity index (χ0v) is 14.5. The molecule has 0 radical (unpaired) electrons. The van der Waals surface area contributed by atoms with Gasteiger partial charge in [0, 0.05) is 10.0 Å². The van der Waals surface area contributed by atoms with Crippen LogP contribution in [-0.2, 0) is 16.6 Å². The fourth-order valence-corrected chi connectivity index (χ4v) is 4.63. The summed E-state index contributed by atoms with van der Waals surface area (Å²) in [6.45, 7) is -0.135. The third-order valence-electron chi connectivity index (χ3n) is 3.26. The molecule has 1 heterocycles. The van der Waals surface area contributed by atoms with Gasteiger partial charge in [-0.3, -0.25) is 0 Å². The smallest absolute Gasteiger partial charge is 0.306 e.